The van der Waals surface area contributed by atoms with E-state index in [1.54, 1.807) is 13.8 Å². The van der Waals surface area contributed by atoms with Crippen molar-refractivity contribution in [1.29, 1.82) is 5.26 Å². The average Bonchev–Trinajstić information content (AvgIpc) is 2.89. The van der Waals surface area contributed by atoms with Gasteiger partial charge >= 0.3 is 6.03 Å². The molecular formula is C15H14ClN3O3. The zero-order valence-corrected chi connectivity index (χ0v) is 12.9. The van der Waals surface area contributed by atoms with Gasteiger partial charge in [0.2, 0.25) is 0 Å². The third-order valence-electron chi connectivity index (χ3n) is 4.61. The SMILES string of the molecule is Cc1c(N2C(=O)N3CCC(O)C3(C)C2=O)ccc(C#N)c1Cl. The summed E-state index contributed by atoms with van der Waals surface area (Å²) >= 11 is 6.12. The number of hydrogen-bond donors (Lipinski definition) is 1. The number of nitriles is 1. The standard InChI is InChI=1S/C15H14ClN3O3/c1-8-10(4-3-9(7-17)12(8)16)19-13(21)15(2)11(20)5-6-18(15)14(19)22/h3-4,11,20H,5-6H2,1-2H3. The number of carbonyl (C=O) groups excluding carboxylic acids is 2. The Morgan fingerprint density at radius 2 is 2.14 bits per heavy atom. The average molecular weight is 320 g/mol. The van der Waals surface area contributed by atoms with Crippen molar-refractivity contribution >= 4 is 29.2 Å². The van der Waals surface area contributed by atoms with E-state index in [0.717, 1.165) is 4.90 Å². The normalized spacial score (nSPS) is 27.3. The summed E-state index contributed by atoms with van der Waals surface area (Å²) in [5.74, 6) is -0.466. The molecule has 0 aromatic heterocycles. The monoisotopic (exact) mass is 319 g/mol. The smallest absolute Gasteiger partial charge is 0.332 e. The number of fused-ring (bicyclic) bond motifs is 1. The number of halogens is 1. The lowest BCUT2D eigenvalue weighted by Gasteiger charge is -2.26. The van der Waals surface area contributed by atoms with Crippen LogP contribution in [0.5, 0.6) is 0 Å². The molecular weight excluding hydrogens is 306 g/mol. The van der Waals surface area contributed by atoms with Crippen LogP contribution in [0.15, 0.2) is 12.1 Å². The van der Waals surface area contributed by atoms with Gasteiger partial charge in [-0.2, -0.15) is 5.26 Å². The van der Waals surface area contributed by atoms with E-state index in [4.69, 9.17) is 16.9 Å². The van der Waals surface area contributed by atoms with Gasteiger partial charge in [0.15, 0.2) is 0 Å². The zero-order chi connectivity index (χ0) is 16.2. The first-order valence-electron chi connectivity index (χ1n) is 6.87. The van der Waals surface area contributed by atoms with Crippen LogP contribution in [0.3, 0.4) is 0 Å². The molecule has 1 aromatic carbocycles. The highest BCUT2D eigenvalue weighted by molar-refractivity contribution is 6.33. The van der Waals surface area contributed by atoms with Crippen LogP contribution < -0.4 is 4.90 Å². The number of anilines is 1. The lowest BCUT2D eigenvalue weighted by molar-refractivity contribution is -0.126. The Morgan fingerprint density at radius 1 is 1.45 bits per heavy atom. The van der Waals surface area contributed by atoms with Gasteiger partial charge < -0.3 is 10.0 Å². The lowest BCUT2D eigenvalue weighted by atomic mass is 9.95. The zero-order valence-electron chi connectivity index (χ0n) is 12.1. The van der Waals surface area contributed by atoms with Gasteiger partial charge in [-0.25, -0.2) is 9.69 Å². The lowest BCUT2D eigenvalue weighted by Crippen LogP contribution is -2.49. The molecule has 22 heavy (non-hydrogen) atoms. The number of benzene rings is 1. The van der Waals surface area contributed by atoms with E-state index in [9.17, 15) is 14.7 Å². The fourth-order valence-electron chi connectivity index (χ4n) is 3.15. The summed E-state index contributed by atoms with van der Waals surface area (Å²) < 4.78 is 0. The molecule has 114 valence electrons. The predicted octanol–water partition coefficient (Wildman–Crippen LogP) is 1.81. The maximum Gasteiger partial charge on any atom is 0.332 e. The number of urea groups is 1. The molecule has 2 atom stereocenters. The molecule has 2 aliphatic rings. The van der Waals surface area contributed by atoms with Gasteiger partial charge in [0, 0.05) is 6.54 Å². The minimum Gasteiger partial charge on any atom is -0.390 e. The number of amides is 3. The van der Waals surface area contributed by atoms with Gasteiger partial charge in [-0.05, 0) is 38.0 Å². The molecule has 2 saturated heterocycles. The van der Waals surface area contributed by atoms with Crippen molar-refractivity contribution in [2.24, 2.45) is 0 Å². The summed E-state index contributed by atoms with van der Waals surface area (Å²) in [4.78, 5) is 27.8. The molecule has 0 spiro atoms. The molecule has 7 heteroatoms. The summed E-state index contributed by atoms with van der Waals surface area (Å²) in [6.07, 6.45) is -0.502. The van der Waals surface area contributed by atoms with Gasteiger partial charge in [-0.1, -0.05) is 11.6 Å². The first-order valence-corrected chi connectivity index (χ1v) is 7.25. The Hall–Kier alpha value is -2.10. The Morgan fingerprint density at radius 3 is 2.73 bits per heavy atom. The van der Waals surface area contributed by atoms with Crippen molar-refractivity contribution in [3.8, 4) is 6.07 Å². The molecule has 0 saturated carbocycles. The van der Waals surface area contributed by atoms with Crippen molar-refractivity contribution in [1.82, 2.24) is 4.90 Å². The number of aliphatic hydroxyl groups is 1. The van der Waals surface area contributed by atoms with Crippen LogP contribution in [0.25, 0.3) is 0 Å². The van der Waals surface area contributed by atoms with Crippen molar-refractivity contribution in [2.45, 2.75) is 31.9 Å². The van der Waals surface area contributed by atoms with E-state index in [-0.39, 0.29) is 10.6 Å². The molecule has 2 heterocycles. The minimum absolute atomic E-state index is 0.221. The van der Waals surface area contributed by atoms with Crippen molar-refractivity contribution < 1.29 is 14.7 Å². The molecule has 2 aliphatic heterocycles. The number of hydrogen-bond acceptors (Lipinski definition) is 4. The quantitative estimate of drug-likeness (QED) is 0.800. The predicted molar refractivity (Wildman–Crippen MR) is 79.5 cm³/mol. The molecule has 2 unspecified atom stereocenters. The van der Waals surface area contributed by atoms with Gasteiger partial charge in [0.25, 0.3) is 5.91 Å². The van der Waals surface area contributed by atoms with E-state index in [0.29, 0.717) is 24.2 Å². The van der Waals surface area contributed by atoms with Crippen LogP contribution in [0, 0.1) is 18.3 Å². The molecule has 0 radical (unpaired) electrons. The van der Waals surface area contributed by atoms with Crippen LogP contribution in [0.2, 0.25) is 5.02 Å². The third-order valence-corrected chi connectivity index (χ3v) is 5.10. The van der Waals surface area contributed by atoms with Crippen LogP contribution in [-0.2, 0) is 4.79 Å². The van der Waals surface area contributed by atoms with Crippen LogP contribution in [-0.4, -0.2) is 40.1 Å². The Balaban J connectivity index is 2.12. The number of carbonyl (C=O) groups is 2. The summed E-state index contributed by atoms with van der Waals surface area (Å²) in [7, 11) is 0. The molecule has 0 aliphatic carbocycles. The van der Waals surface area contributed by atoms with Crippen molar-refractivity contribution in [3.63, 3.8) is 0 Å². The molecule has 6 nitrogen and oxygen atoms in total. The Labute approximate surface area is 132 Å². The van der Waals surface area contributed by atoms with E-state index in [1.165, 1.54) is 17.0 Å². The second kappa shape index (κ2) is 4.70. The number of nitrogens with zero attached hydrogens (tertiary/aromatic N) is 3. The highest BCUT2D eigenvalue weighted by atomic mass is 35.5. The number of aliphatic hydroxyl groups excluding tert-OH is 1. The Kier molecular flexibility index (Phi) is 3.17. The highest BCUT2D eigenvalue weighted by Gasteiger charge is 2.61. The first kappa shape index (κ1) is 14.8. The Bertz CT molecular complexity index is 742. The van der Waals surface area contributed by atoms with E-state index < -0.39 is 23.6 Å². The van der Waals surface area contributed by atoms with Crippen molar-refractivity contribution in [2.75, 3.05) is 11.4 Å². The summed E-state index contributed by atoms with van der Waals surface area (Å²) in [5, 5.41) is 19.3. The topological polar surface area (TPSA) is 84.6 Å². The molecule has 0 bridgehead atoms. The maximum absolute atomic E-state index is 12.7. The number of rotatable bonds is 1. The number of imide groups is 1. The first-order chi connectivity index (χ1) is 10.3. The molecule has 3 amide bonds. The second-order valence-corrected chi connectivity index (χ2v) is 6.09. The molecule has 3 rings (SSSR count). The molecule has 1 N–H and O–H groups in total. The summed E-state index contributed by atoms with van der Waals surface area (Å²) in [6.45, 7) is 3.56. The van der Waals surface area contributed by atoms with Crippen LogP contribution >= 0.6 is 11.6 Å². The van der Waals surface area contributed by atoms with Crippen LogP contribution in [0.1, 0.15) is 24.5 Å². The van der Waals surface area contributed by atoms with E-state index in [2.05, 4.69) is 0 Å². The van der Waals surface area contributed by atoms with Gasteiger partial charge in [-0.15, -0.1) is 0 Å². The van der Waals surface area contributed by atoms with E-state index >= 15 is 0 Å². The largest absolute Gasteiger partial charge is 0.390 e. The minimum atomic E-state index is -1.23. The highest BCUT2D eigenvalue weighted by Crippen LogP contribution is 2.41. The van der Waals surface area contributed by atoms with Gasteiger partial charge in [0.1, 0.15) is 11.6 Å². The fraction of sp³-hybridized carbons (Fsp3) is 0.400. The third kappa shape index (κ3) is 1.64. The summed E-state index contributed by atoms with van der Waals surface area (Å²) in [6, 6.07) is 4.51. The van der Waals surface area contributed by atoms with Gasteiger partial charge in [-0.3, -0.25) is 4.79 Å². The second-order valence-electron chi connectivity index (χ2n) is 5.71. The summed E-state index contributed by atoms with van der Waals surface area (Å²) in [5.41, 5.74) is -0.110. The fourth-order valence-corrected chi connectivity index (χ4v) is 3.35. The van der Waals surface area contributed by atoms with Gasteiger partial charge in [0.05, 0.1) is 22.4 Å². The molecule has 1 aromatic rings. The van der Waals surface area contributed by atoms with Crippen LogP contribution in [0.4, 0.5) is 10.5 Å². The van der Waals surface area contributed by atoms with Crippen molar-refractivity contribution in [3.05, 3.63) is 28.3 Å². The maximum atomic E-state index is 12.7. The molecule has 2 fully saturated rings. The van der Waals surface area contributed by atoms with E-state index in [1.807, 2.05) is 6.07 Å².